The van der Waals surface area contributed by atoms with Crippen molar-refractivity contribution in [3.63, 3.8) is 0 Å². The Labute approximate surface area is 175 Å². The molecule has 0 bridgehead atoms. The number of carbonyl (C=O) groups excluding carboxylic acids is 1. The number of hydrogen-bond acceptors (Lipinski definition) is 7. The van der Waals surface area contributed by atoms with E-state index >= 15 is 0 Å². The van der Waals surface area contributed by atoms with Crippen LogP contribution in [0.3, 0.4) is 0 Å². The first kappa shape index (κ1) is 19.9. The Kier molecular flexibility index (Phi) is 5.69. The van der Waals surface area contributed by atoms with Crippen LogP contribution in [0.25, 0.3) is 16.9 Å². The number of carbonyl (C=O) groups is 1. The number of rotatable bonds is 6. The van der Waals surface area contributed by atoms with Gasteiger partial charge in [-0.25, -0.2) is 14.3 Å². The van der Waals surface area contributed by atoms with Crippen LogP contribution in [-0.2, 0) is 4.74 Å². The number of nitrogens with zero attached hydrogens (tertiary/aromatic N) is 5. The Balaban J connectivity index is 1.52. The average molecular weight is 410 g/mol. The first-order valence-corrected chi connectivity index (χ1v) is 10.1. The lowest BCUT2D eigenvalue weighted by atomic mass is 10.2. The number of methoxy groups -OCH3 is 1. The molecule has 1 fully saturated rings. The van der Waals surface area contributed by atoms with Crippen LogP contribution >= 0.6 is 0 Å². The summed E-state index contributed by atoms with van der Waals surface area (Å²) in [5.41, 5.74) is 2.41. The summed E-state index contributed by atoms with van der Waals surface area (Å²) in [4.78, 5) is 22.7. The van der Waals surface area contributed by atoms with Crippen molar-refractivity contribution in [2.75, 3.05) is 25.5 Å². The first-order chi connectivity index (χ1) is 14.6. The molecular weight excluding hydrogens is 384 g/mol. The van der Waals surface area contributed by atoms with Crippen molar-refractivity contribution in [3.05, 3.63) is 36.8 Å². The highest BCUT2D eigenvalue weighted by atomic mass is 16.6. The molecule has 1 amide bonds. The van der Waals surface area contributed by atoms with Crippen LogP contribution in [0.1, 0.15) is 26.7 Å². The zero-order chi connectivity index (χ0) is 21.1. The molecule has 1 saturated heterocycles. The van der Waals surface area contributed by atoms with Crippen LogP contribution in [0.15, 0.2) is 36.8 Å². The topological polar surface area (TPSA) is 93.9 Å². The van der Waals surface area contributed by atoms with Crippen molar-refractivity contribution in [3.8, 4) is 17.0 Å². The van der Waals surface area contributed by atoms with Gasteiger partial charge in [0, 0.05) is 24.8 Å². The van der Waals surface area contributed by atoms with Gasteiger partial charge in [0.2, 0.25) is 0 Å². The van der Waals surface area contributed by atoms with Crippen molar-refractivity contribution in [2.45, 2.75) is 38.8 Å². The van der Waals surface area contributed by atoms with E-state index in [1.165, 1.54) is 0 Å². The van der Waals surface area contributed by atoms with Crippen molar-refractivity contribution >= 4 is 17.6 Å². The molecule has 3 aromatic heterocycles. The van der Waals surface area contributed by atoms with Gasteiger partial charge in [0.25, 0.3) is 0 Å². The lowest BCUT2D eigenvalue weighted by molar-refractivity contribution is 0.0746. The van der Waals surface area contributed by atoms with E-state index in [4.69, 9.17) is 14.6 Å². The molecule has 1 N–H and O–H groups in total. The molecule has 9 heteroatoms. The maximum atomic E-state index is 12.3. The minimum Gasteiger partial charge on any atom is -0.494 e. The average Bonchev–Trinajstić information content (AvgIpc) is 3.38. The monoisotopic (exact) mass is 410 g/mol. The van der Waals surface area contributed by atoms with E-state index in [1.807, 2.05) is 32.0 Å². The molecule has 0 radical (unpaired) electrons. The van der Waals surface area contributed by atoms with Gasteiger partial charge < -0.3 is 19.7 Å². The number of hydrogen-bond donors (Lipinski definition) is 1. The zero-order valence-electron chi connectivity index (χ0n) is 17.4. The lowest BCUT2D eigenvalue weighted by Gasteiger charge is -2.25. The fourth-order valence-corrected chi connectivity index (χ4v) is 3.69. The summed E-state index contributed by atoms with van der Waals surface area (Å²) < 4.78 is 12.6. The van der Waals surface area contributed by atoms with Crippen LogP contribution < -0.4 is 10.1 Å². The quantitative estimate of drug-likeness (QED) is 0.667. The predicted molar refractivity (Wildman–Crippen MR) is 113 cm³/mol. The van der Waals surface area contributed by atoms with Gasteiger partial charge in [-0.2, -0.15) is 0 Å². The maximum Gasteiger partial charge on any atom is 0.410 e. The normalized spacial score (nSPS) is 16.3. The van der Waals surface area contributed by atoms with Gasteiger partial charge in [-0.15, -0.1) is 5.10 Å². The third-order valence-corrected chi connectivity index (χ3v) is 5.11. The highest BCUT2D eigenvalue weighted by Gasteiger charge is 2.30. The van der Waals surface area contributed by atoms with E-state index in [1.54, 1.807) is 35.1 Å². The molecule has 30 heavy (non-hydrogen) atoms. The molecule has 1 unspecified atom stereocenters. The molecule has 9 nitrogen and oxygen atoms in total. The zero-order valence-corrected chi connectivity index (χ0v) is 17.4. The predicted octanol–water partition coefficient (Wildman–Crippen LogP) is 3.22. The van der Waals surface area contributed by atoms with Crippen LogP contribution in [0.4, 0.5) is 10.6 Å². The largest absolute Gasteiger partial charge is 0.494 e. The number of aromatic nitrogens is 4. The second-order valence-corrected chi connectivity index (χ2v) is 7.51. The van der Waals surface area contributed by atoms with Crippen molar-refractivity contribution in [1.29, 1.82) is 0 Å². The lowest BCUT2D eigenvalue weighted by Crippen LogP contribution is -2.40. The number of nitrogens with one attached hydrogen (secondary N) is 1. The van der Waals surface area contributed by atoms with E-state index in [0.29, 0.717) is 18.1 Å². The van der Waals surface area contributed by atoms with Crippen molar-refractivity contribution in [1.82, 2.24) is 24.5 Å². The molecule has 4 heterocycles. The van der Waals surface area contributed by atoms with E-state index in [9.17, 15) is 4.79 Å². The highest BCUT2D eigenvalue weighted by molar-refractivity contribution is 5.69. The van der Waals surface area contributed by atoms with Crippen molar-refractivity contribution < 1.29 is 14.3 Å². The summed E-state index contributed by atoms with van der Waals surface area (Å²) in [6, 6.07) is 5.75. The SMILES string of the molecule is COc1cnccc1-c1cnc2ccc(NCC3CCCN3C(=O)OC(C)C)nn12. The Morgan fingerprint density at radius 1 is 1.30 bits per heavy atom. The molecule has 0 saturated carbocycles. The molecule has 3 aromatic rings. The van der Waals surface area contributed by atoms with E-state index in [-0.39, 0.29) is 18.2 Å². The molecule has 0 aliphatic carbocycles. The van der Waals surface area contributed by atoms with Crippen molar-refractivity contribution in [2.24, 2.45) is 0 Å². The molecule has 0 spiro atoms. The highest BCUT2D eigenvalue weighted by Crippen LogP contribution is 2.29. The fourth-order valence-electron chi connectivity index (χ4n) is 3.69. The molecule has 1 aliphatic heterocycles. The minimum atomic E-state index is -0.251. The molecule has 4 rings (SSSR count). The standard InChI is InChI=1S/C21H26N6O3/c1-14(2)30-21(28)26-10-4-5-15(26)11-23-19-6-7-20-24-12-17(27(20)25-19)16-8-9-22-13-18(16)29-3/h6-9,12-15H,4-5,10-11H2,1-3H3,(H,23,25). The summed E-state index contributed by atoms with van der Waals surface area (Å²) in [5.74, 6) is 1.36. The number of fused-ring (bicyclic) bond motifs is 1. The summed E-state index contributed by atoms with van der Waals surface area (Å²) in [6.45, 7) is 5.05. The van der Waals surface area contributed by atoms with Crippen LogP contribution in [-0.4, -0.2) is 62.9 Å². The minimum absolute atomic E-state index is 0.0799. The number of amides is 1. The Morgan fingerprint density at radius 3 is 2.97 bits per heavy atom. The number of imidazole rings is 1. The summed E-state index contributed by atoms with van der Waals surface area (Å²) in [6.07, 6.45) is 6.68. The third kappa shape index (κ3) is 4.00. The molecule has 1 aliphatic rings. The Bertz CT molecular complexity index is 1030. The van der Waals surface area contributed by atoms with Crippen LogP contribution in [0.2, 0.25) is 0 Å². The van der Waals surface area contributed by atoms with Gasteiger partial charge in [-0.05, 0) is 44.9 Å². The first-order valence-electron chi connectivity index (χ1n) is 10.1. The molecule has 0 aromatic carbocycles. The van der Waals surface area contributed by atoms with Gasteiger partial charge in [0.1, 0.15) is 11.6 Å². The number of ether oxygens (including phenoxy) is 2. The van der Waals surface area contributed by atoms with Gasteiger partial charge in [-0.3, -0.25) is 4.98 Å². The molecule has 1 atom stereocenters. The second-order valence-electron chi connectivity index (χ2n) is 7.51. The Morgan fingerprint density at radius 2 is 2.17 bits per heavy atom. The summed E-state index contributed by atoms with van der Waals surface area (Å²) in [5, 5.41) is 8.06. The molecular formula is C21H26N6O3. The number of anilines is 1. The van der Waals surface area contributed by atoms with Crippen LogP contribution in [0, 0.1) is 0 Å². The van der Waals surface area contributed by atoms with Gasteiger partial charge in [0.05, 0.1) is 37.3 Å². The summed E-state index contributed by atoms with van der Waals surface area (Å²) in [7, 11) is 1.61. The Hall–Kier alpha value is -3.36. The smallest absolute Gasteiger partial charge is 0.410 e. The van der Waals surface area contributed by atoms with E-state index in [0.717, 1.165) is 36.3 Å². The van der Waals surface area contributed by atoms with E-state index < -0.39 is 0 Å². The summed E-state index contributed by atoms with van der Waals surface area (Å²) >= 11 is 0. The molecule has 158 valence electrons. The van der Waals surface area contributed by atoms with Gasteiger partial charge in [0.15, 0.2) is 5.65 Å². The van der Waals surface area contributed by atoms with E-state index in [2.05, 4.69) is 15.3 Å². The van der Waals surface area contributed by atoms with Gasteiger partial charge in [-0.1, -0.05) is 0 Å². The second kappa shape index (κ2) is 8.56. The number of pyridine rings is 1. The third-order valence-electron chi connectivity index (χ3n) is 5.11. The number of likely N-dealkylation sites (tertiary alicyclic amines) is 1. The van der Waals surface area contributed by atoms with Crippen LogP contribution in [0.5, 0.6) is 5.75 Å². The maximum absolute atomic E-state index is 12.3. The fraction of sp³-hybridized carbons (Fsp3) is 0.429. The van der Waals surface area contributed by atoms with Gasteiger partial charge >= 0.3 is 6.09 Å².